The van der Waals surface area contributed by atoms with Crippen LogP contribution in [0, 0.1) is 5.82 Å². The number of aromatic nitrogens is 1. The van der Waals surface area contributed by atoms with Crippen LogP contribution in [0.4, 0.5) is 4.39 Å². The Kier molecular flexibility index (Phi) is 3.94. The number of nitrogens with one attached hydrogen (secondary N) is 1. The lowest BCUT2D eigenvalue weighted by atomic mass is 10.1. The molecule has 90 valence electrons. The van der Waals surface area contributed by atoms with Crippen molar-refractivity contribution in [1.82, 2.24) is 9.88 Å². The van der Waals surface area contributed by atoms with Crippen LogP contribution in [0.15, 0.2) is 42.7 Å². The van der Waals surface area contributed by atoms with Gasteiger partial charge in [-0.25, -0.2) is 4.39 Å². The Balaban J connectivity index is 1.71. The molecule has 0 aliphatic carbocycles. The summed E-state index contributed by atoms with van der Waals surface area (Å²) in [5.41, 5.74) is 2.44. The molecule has 0 spiro atoms. The van der Waals surface area contributed by atoms with Crippen LogP contribution in [-0.4, -0.2) is 11.1 Å². The van der Waals surface area contributed by atoms with E-state index in [2.05, 4.69) is 17.6 Å². The van der Waals surface area contributed by atoms with E-state index < -0.39 is 0 Å². The van der Waals surface area contributed by atoms with Gasteiger partial charge in [-0.3, -0.25) is 0 Å². The maximum atomic E-state index is 12.7. The van der Waals surface area contributed by atoms with Crippen LogP contribution in [0.2, 0.25) is 0 Å². The van der Waals surface area contributed by atoms with Gasteiger partial charge in [0.2, 0.25) is 0 Å². The smallest absolute Gasteiger partial charge is 0.123 e. The van der Waals surface area contributed by atoms with E-state index in [-0.39, 0.29) is 5.82 Å². The van der Waals surface area contributed by atoms with E-state index in [1.807, 2.05) is 29.9 Å². The highest BCUT2D eigenvalue weighted by molar-refractivity contribution is 5.16. The molecule has 0 saturated carbocycles. The molecule has 2 aromatic rings. The van der Waals surface area contributed by atoms with Crippen LogP contribution >= 0.6 is 0 Å². The van der Waals surface area contributed by atoms with E-state index in [0.29, 0.717) is 0 Å². The molecule has 1 heterocycles. The summed E-state index contributed by atoms with van der Waals surface area (Å²) in [6.07, 6.45) is 5.06. The molecular weight excluding hydrogens is 215 g/mol. The summed E-state index contributed by atoms with van der Waals surface area (Å²) in [4.78, 5) is 0. The molecule has 0 bridgehead atoms. The van der Waals surface area contributed by atoms with Crippen LogP contribution in [0.3, 0.4) is 0 Å². The van der Waals surface area contributed by atoms with Gasteiger partial charge >= 0.3 is 0 Å². The van der Waals surface area contributed by atoms with Crippen molar-refractivity contribution < 1.29 is 4.39 Å². The highest BCUT2D eigenvalue weighted by atomic mass is 19.1. The number of aryl methyl sites for hydroxylation is 1. The molecule has 0 unspecified atom stereocenters. The second-order valence-corrected chi connectivity index (χ2v) is 4.24. The Morgan fingerprint density at radius 2 is 1.88 bits per heavy atom. The van der Waals surface area contributed by atoms with Crippen LogP contribution < -0.4 is 5.32 Å². The number of benzene rings is 1. The van der Waals surface area contributed by atoms with Crippen molar-refractivity contribution >= 4 is 0 Å². The quantitative estimate of drug-likeness (QED) is 0.784. The van der Waals surface area contributed by atoms with E-state index >= 15 is 0 Å². The van der Waals surface area contributed by atoms with E-state index in [4.69, 9.17) is 0 Å². The lowest BCUT2D eigenvalue weighted by Crippen LogP contribution is -2.16. The lowest BCUT2D eigenvalue weighted by molar-refractivity contribution is 0.626. The molecular formula is C14H17FN2. The average Bonchev–Trinajstić information content (AvgIpc) is 2.73. The zero-order valence-electron chi connectivity index (χ0n) is 9.99. The third kappa shape index (κ3) is 3.71. The van der Waals surface area contributed by atoms with E-state index in [9.17, 15) is 4.39 Å². The summed E-state index contributed by atoms with van der Waals surface area (Å²) in [6.45, 7) is 1.78. The molecule has 0 amide bonds. The Bertz CT molecular complexity index is 459. The molecule has 1 N–H and O–H groups in total. The van der Waals surface area contributed by atoms with E-state index in [1.54, 1.807) is 0 Å². The fraction of sp³-hybridized carbons (Fsp3) is 0.286. The van der Waals surface area contributed by atoms with E-state index in [1.165, 1.54) is 17.7 Å². The van der Waals surface area contributed by atoms with Crippen molar-refractivity contribution in [2.75, 3.05) is 6.54 Å². The largest absolute Gasteiger partial charge is 0.357 e. The summed E-state index contributed by atoms with van der Waals surface area (Å²) in [7, 11) is 2.02. The van der Waals surface area contributed by atoms with Crippen molar-refractivity contribution in [1.29, 1.82) is 0 Å². The van der Waals surface area contributed by atoms with Gasteiger partial charge < -0.3 is 9.88 Å². The summed E-state index contributed by atoms with van der Waals surface area (Å²) in [6, 6.07) is 8.78. The van der Waals surface area contributed by atoms with Crippen molar-refractivity contribution in [2.45, 2.75) is 13.0 Å². The number of nitrogens with zero attached hydrogens (tertiary/aromatic N) is 1. The Morgan fingerprint density at radius 3 is 2.53 bits per heavy atom. The van der Waals surface area contributed by atoms with Gasteiger partial charge in [0.1, 0.15) is 5.82 Å². The lowest BCUT2D eigenvalue weighted by Gasteiger charge is -2.03. The summed E-state index contributed by atoms with van der Waals surface area (Å²) >= 11 is 0. The standard InChI is InChI=1S/C14H17FN2/c1-17-9-7-13(11-17)10-16-8-6-12-2-4-14(15)5-3-12/h2-5,7,9,11,16H,6,8,10H2,1H3. The number of halogens is 1. The van der Waals surface area contributed by atoms with Crippen LogP contribution in [0.25, 0.3) is 0 Å². The molecule has 2 nitrogen and oxygen atoms in total. The first-order valence-corrected chi connectivity index (χ1v) is 5.80. The molecule has 0 saturated heterocycles. The molecule has 17 heavy (non-hydrogen) atoms. The normalized spacial score (nSPS) is 10.7. The third-order valence-corrected chi connectivity index (χ3v) is 2.73. The van der Waals surface area contributed by atoms with Crippen LogP contribution in [0.1, 0.15) is 11.1 Å². The Labute approximate surface area is 101 Å². The molecule has 1 aromatic heterocycles. The first-order valence-electron chi connectivity index (χ1n) is 5.80. The third-order valence-electron chi connectivity index (χ3n) is 2.73. The fourth-order valence-electron chi connectivity index (χ4n) is 1.78. The van der Waals surface area contributed by atoms with Gasteiger partial charge in [0, 0.05) is 26.0 Å². The highest BCUT2D eigenvalue weighted by Gasteiger charge is 1.96. The highest BCUT2D eigenvalue weighted by Crippen LogP contribution is 2.03. The Hall–Kier alpha value is -1.61. The zero-order chi connectivity index (χ0) is 12.1. The van der Waals surface area contributed by atoms with Crippen molar-refractivity contribution in [2.24, 2.45) is 7.05 Å². The van der Waals surface area contributed by atoms with Gasteiger partial charge in [0.15, 0.2) is 0 Å². The second kappa shape index (κ2) is 5.64. The first-order chi connectivity index (χ1) is 8.24. The molecule has 0 atom stereocenters. The predicted octanol–water partition coefficient (Wildman–Crippen LogP) is 2.50. The Morgan fingerprint density at radius 1 is 1.12 bits per heavy atom. The van der Waals surface area contributed by atoms with E-state index in [0.717, 1.165) is 25.1 Å². The molecule has 0 fully saturated rings. The number of rotatable bonds is 5. The molecule has 3 heteroatoms. The molecule has 0 aliphatic heterocycles. The summed E-state index contributed by atoms with van der Waals surface area (Å²) in [5.74, 6) is -0.175. The van der Waals surface area contributed by atoms with Crippen LogP contribution in [-0.2, 0) is 20.0 Å². The second-order valence-electron chi connectivity index (χ2n) is 4.24. The topological polar surface area (TPSA) is 17.0 Å². The number of hydrogen-bond acceptors (Lipinski definition) is 1. The van der Waals surface area contributed by atoms with Gasteiger partial charge in [0.25, 0.3) is 0 Å². The monoisotopic (exact) mass is 232 g/mol. The summed E-state index contributed by atoms with van der Waals surface area (Å²) in [5, 5.41) is 3.37. The minimum Gasteiger partial charge on any atom is -0.357 e. The minimum absolute atomic E-state index is 0.175. The fourth-order valence-corrected chi connectivity index (χ4v) is 1.78. The molecule has 0 radical (unpaired) electrons. The minimum atomic E-state index is -0.175. The van der Waals surface area contributed by atoms with Crippen molar-refractivity contribution in [3.8, 4) is 0 Å². The van der Waals surface area contributed by atoms with Gasteiger partial charge in [-0.15, -0.1) is 0 Å². The SMILES string of the molecule is Cn1ccc(CNCCc2ccc(F)cc2)c1. The van der Waals surface area contributed by atoms with Gasteiger partial charge in [-0.05, 0) is 42.3 Å². The maximum Gasteiger partial charge on any atom is 0.123 e. The molecule has 0 aliphatic rings. The summed E-state index contributed by atoms with van der Waals surface area (Å²) < 4.78 is 14.7. The van der Waals surface area contributed by atoms with Gasteiger partial charge in [0.05, 0.1) is 0 Å². The average molecular weight is 232 g/mol. The number of hydrogen-bond donors (Lipinski definition) is 1. The first kappa shape index (κ1) is 11.9. The predicted molar refractivity (Wildman–Crippen MR) is 67.2 cm³/mol. The molecule has 2 rings (SSSR count). The molecule has 1 aromatic carbocycles. The van der Waals surface area contributed by atoms with Gasteiger partial charge in [-0.2, -0.15) is 0 Å². The van der Waals surface area contributed by atoms with Crippen molar-refractivity contribution in [3.63, 3.8) is 0 Å². The van der Waals surface area contributed by atoms with Gasteiger partial charge in [-0.1, -0.05) is 12.1 Å². The zero-order valence-corrected chi connectivity index (χ0v) is 9.99. The van der Waals surface area contributed by atoms with Crippen molar-refractivity contribution in [3.05, 3.63) is 59.7 Å². The maximum absolute atomic E-state index is 12.7. The van der Waals surface area contributed by atoms with Crippen LogP contribution in [0.5, 0.6) is 0 Å².